The fraction of sp³-hybridized carbons (Fsp3) is 0.222. The molecule has 0 aliphatic rings. The lowest BCUT2D eigenvalue weighted by molar-refractivity contribution is 0.0947. The maximum Gasteiger partial charge on any atom is 0.255 e. The number of carbonyl (C=O) groups is 1. The number of aryl methyl sites for hydroxylation is 2. The first kappa shape index (κ1) is 16.3. The van der Waals surface area contributed by atoms with Gasteiger partial charge in [0.1, 0.15) is 18.1 Å². The first-order valence-corrected chi connectivity index (χ1v) is 8.47. The van der Waals surface area contributed by atoms with Gasteiger partial charge in [0, 0.05) is 4.88 Å². The minimum Gasteiger partial charge on any atom is -0.488 e. The van der Waals surface area contributed by atoms with Crippen molar-refractivity contribution >= 4 is 17.2 Å². The number of nitrogens with zero attached hydrogens (tertiary/aromatic N) is 1. The Hall–Kier alpha value is -2.60. The van der Waals surface area contributed by atoms with Crippen molar-refractivity contribution in [2.24, 2.45) is 0 Å². The van der Waals surface area contributed by atoms with E-state index in [4.69, 9.17) is 9.26 Å². The highest BCUT2D eigenvalue weighted by Crippen LogP contribution is 2.21. The van der Waals surface area contributed by atoms with Gasteiger partial charge in [0.05, 0.1) is 23.4 Å². The lowest BCUT2D eigenvalue weighted by Crippen LogP contribution is -2.23. The van der Waals surface area contributed by atoms with Gasteiger partial charge in [0.25, 0.3) is 5.91 Å². The topological polar surface area (TPSA) is 64.4 Å². The van der Waals surface area contributed by atoms with Gasteiger partial charge in [-0.1, -0.05) is 23.4 Å². The first-order valence-electron chi connectivity index (χ1n) is 7.59. The molecule has 0 radical (unpaired) electrons. The summed E-state index contributed by atoms with van der Waals surface area (Å²) in [4.78, 5) is 13.5. The van der Waals surface area contributed by atoms with Crippen LogP contribution in [0, 0.1) is 13.8 Å². The van der Waals surface area contributed by atoms with Crippen molar-refractivity contribution < 1.29 is 14.1 Å². The van der Waals surface area contributed by atoms with E-state index in [1.807, 2.05) is 43.5 Å². The summed E-state index contributed by atoms with van der Waals surface area (Å²) >= 11 is 1.61. The summed E-state index contributed by atoms with van der Waals surface area (Å²) in [6, 6.07) is 11.2. The van der Waals surface area contributed by atoms with Crippen LogP contribution in [0.4, 0.5) is 0 Å². The monoisotopic (exact) mass is 342 g/mol. The quantitative estimate of drug-likeness (QED) is 0.739. The Kier molecular flexibility index (Phi) is 4.96. The molecule has 0 fully saturated rings. The second-order valence-corrected chi connectivity index (χ2v) is 6.38. The van der Waals surface area contributed by atoms with Gasteiger partial charge in [-0.2, -0.15) is 0 Å². The molecule has 1 N–H and O–H groups in total. The number of amides is 1. The Morgan fingerprint density at radius 1 is 1.25 bits per heavy atom. The third kappa shape index (κ3) is 3.65. The van der Waals surface area contributed by atoms with Crippen LogP contribution in [0.25, 0.3) is 0 Å². The minimum absolute atomic E-state index is 0.155. The van der Waals surface area contributed by atoms with E-state index >= 15 is 0 Å². The molecule has 24 heavy (non-hydrogen) atoms. The van der Waals surface area contributed by atoms with Crippen LogP contribution in [0.3, 0.4) is 0 Å². The van der Waals surface area contributed by atoms with E-state index in [1.54, 1.807) is 23.5 Å². The summed E-state index contributed by atoms with van der Waals surface area (Å²) in [6.45, 7) is 4.54. The number of ether oxygens (including phenoxy) is 1. The molecule has 6 heteroatoms. The zero-order chi connectivity index (χ0) is 16.9. The Bertz CT molecular complexity index is 805. The van der Waals surface area contributed by atoms with Crippen molar-refractivity contribution in [1.82, 2.24) is 10.5 Å². The van der Waals surface area contributed by atoms with E-state index in [1.165, 1.54) is 0 Å². The van der Waals surface area contributed by atoms with Crippen LogP contribution in [-0.2, 0) is 13.2 Å². The van der Waals surface area contributed by atoms with E-state index in [2.05, 4.69) is 10.5 Å². The first-order chi connectivity index (χ1) is 11.6. The number of rotatable bonds is 6. The van der Waals surface area contributed by atoms with E-state index in [9.17, 15) is 4.79 Å². The third-order valence-corrected chi connectivity index (χ3v) is 4.56. The Labute approximate surface area is 144 Å². The van der Waals surface area contributed by atoms with E-state index in [0.29, 0.717) is 24.5 Å². The molecule has 3 rings (SSSR count). The predicted molar refractivity (Wildman–Crippen MR) is 92.2 cm³/mol. The summed E-state index contributed by atoms with van der Waals surface area (Å²) in [5.41, 5.74) is 2.22. The second-order valence-electron chi connectivity index (χ2n) is 5.35. The molecule has 2 aromatic heterocycles. The molecule has 1 aromatic carbocycles. The molecule has 0 aliphatic heterocycles. The largest absolute Gasteiger partial charge is 0.488 e. The summed E-state index contributed by atoms with van der Waals surface area (Å²) in [5, 5.41) is 8.82. The molecule has 0 bridgehead atoms. The highest BCUT2D eigenvalue weighted by molar-refractivity contribution is 7.09. The van der Waals surface area contributed by atoms with Gasteiger partial charge in [0.15, 0.2) is 0 Å². The summed E-state index contributed by atoms with van der Waals surface area (Å²) in [6.07, 6.45) is 0. The van der Waals surface area contributed by atoms with Crippen molar-refractivity contribution in [1.29, 1.82) is 0 Å². The SMILES string of the molecule is Cc1noc(C)c1COc1ccccc1C(=O)NCc1cccs1. The van der Waals surface area contributed by atoms with Crippen LogP contribution in [-0.4, -0.2) is 11.1 Å². The lowest BCUT2D eigenvalue weighted by Gasteiger charge is -2.11. The molecular formula is C18H18N2O3S. The number of para-hydroxylation sites is 1. The molecule has 2 heterocycles. The number of hydrogen-bond donors (Lipinski definition) is 1. The van der Waals surface area contributed by atoms with Gasteiger partial charge in [-0.3, -0.25) is 4.79 Å². The molecule has 0 aliphatic carbocycles. The second kappa shape index (κ2) is 7.31. The van der Waals surface area contributed by atoms with E-state index in [0.717, 1.165) is 21.9 Å². The fourth-order valence-corrected chi connectivity index (χ4v) is 2.96. The van der Waals surface area contributed by atoms with Gasteiger partial charge in [-0.15, -0.1) is 11.3 Å². The van der Waals surface area contributed by atoms with Crippen molar-refractivity contribution in [3.63, 3.8) is 0 Å². The van der Waals surface area contributed by atoms with Crippen molar-refractivity contribution in [3.8, 4) is 5.75 Å². The number of aromatic nitrogens is 1. The number of carbonyl (C=O) groups excluding carboxylic acids is 1. The minimum atomic E-state index is -0.155. The molecule has 0 saturated carbocycles. The number of thiophene rings is 1. The highest BCUT2D eigenvalue weighted by atomic mass is 32.1. The highest BCUT2D eigenvalue weighted by Gasteiger charge is 2.14. The van der Waals surface area contributed by atoms with Gasteiger partial charge in [-0.05, 0) is 37.4 Å². The summed E-state index contributed by atoms with van der Waals surface area (Å²) < 4.78 is 11.0. The van der Waals surface area contributed by atoms with Gasteiger partial charge in [0.2, 0.25) is 0 Å². The molecular weight excluding hydrogens is 324 g/mol. The van der Waals surface area contributed by atoms with Crippen LogP contribution in [0.15, 0.2) is 46.3 Å². The Morgan fingerprint density at radius 2 is 2.08 bits per heavy atom. The number of benzene rings is 1. The molecule has 1 amide bonds. The summed E-state index contributed by atoms with van der Waals surface area (Å²) in [5.74, 6) is 1.12. The maximum atomic E-state index is 12.4. The van der Waals surface area contributed by atoms with Gasteiger partial charge in [-0.25, -0.2) is 0 Å². The van der Waals surface area contributed by atoms with Crippen LogP contribution in [0.2, 0.25) is 0 Å². The standard InChI is InChI=1S/C18H18N2O3S/c1-12-16(13(2)23-20-12)11-22-17-8-4-3-7-15(17)18(21)19-10-14-6-5-9-24-14/h3-9H,10-11H2,1-2H3,(H,19,21). The molecule has 0 saturated heterocycles. The smallest absolute Gasteiger partial charge is 0.255 e. The third-order valence-electron chi connectivity index (χ3n) is 3.69. The molecule has 124 valence electrons. The predicted octanol–water partition coefficient (Wildman–Crippen LogP) is 3.86. The average Bonchev–Trinajstić information content (AvgIpc) is 3.22. The van der Waals surface area contributed by atoms with Crippen molar-refractivity contribution in [3.05, 3.63) is 69.2 Å². The van der Waals surface area contributed by atoms with E-state index < -0.39 is 0 Å². The Balaban J connectivity index is 1.69. The van der Waals surface area contributed by atoms with E-state index in [-0.39, 0.29) is 5.91 Å². The molecule has 3 aromatic rings. The lowest BCUT2D eigenvalue weighted by atomic mass is 10.2. The average molecular weight is 342 g/mol. The normalized spacial score (nSPS) is 10.6. The van der Waals surface area contributed by atoms with Gasteiger partial charge < -0.3 is 14.6 Å². The van der Waals surface area contributed by atoms with Crippen LogP contribution < -0.4 is 10.1 Å². The maximum absolute atomic E-state index is 12.4. The van der Waals surface area contributed by atoms with Crippen LogP contribution >= 0.6 is 11.3 Å². The van der Waals surface area contributed by atoms with Gasteiger partial charge >= 0.3 is 0 Å². The number of nitrogens with one attached hydrogen (secondary N) is 1. The molecule has 0 unspecified atom stereocenters. The number of hydrogen-bond acceptors (Lipinski definition) is 5. The van der Waals surface area contributed by atoms with Crippen molar-refractivity contribution in [2.45, 2.75) is 27.0 Å². The van der Waals surface area contributed by atoms with Crippen LogP contribution in [0.5, 0.6) is 5.75 Å². The summed E-state index contributed by atoms with van der Waals surface area (Å²) in [7, 11) is 0. The zero-order valence-corrected chi connectivity index (χ0v) is 14.4. The Morgan fingerprint density at radius 3 is 2.79 bits per heavy atom. The van der Waals surface area contributed by atoms with Crippen molar-refractivity contribution in [2.75, 3.05) is 0 Å². The van der Waals surface area contributed by atoms with Crippen LogP contribution in [0.1, 0.15) is 32.3 Å². The molecule has 0 atom stereocenters. The fourth-order valence-electron chi connectivity index (χ4n) is 2.31. The molecule has 5 nitrogen and oxygen atoms in total. The zero-order valence-electron chi connectivity index (χ0n) is 13.5. The molecule has 0 spiro atoms.